The van der Waals surface area contributed by atoms with E-state index in [0.717, 1.165) is 11.1 Å². The molecule has 0 saturated carbocycles. The molecule has 2 aromatic heterocycles. The van der Waals surface area contributed by atoms with Crippen LogP contribution in [-0.4, -0.2) is 34.9 Å². The van der Waals surface area contributed by atoms with E-state index in [-0.39, 0.29) is 11.7 Å². The summed E-state index contributed by atoms with van der Waals surface area (Å²) < 4.78 is 26.1. The Morgan fingerprint density at radius 3 is 2.27 bits per heavy atom. The van der Waals surface area contributed by atoms with Gasteiger partial charge < -0.3 is 9.47 Å². The van der Waals surface area contributed by atoms with Crippen molar-refractivity contribution < 1.29 is 18.7 Å². The second-order valence-electron chi connectivity index (χ2n) is 7.31. The van der Waals surface area contributed by atoms with Crippen LogP contribution in [0.5, 0.6) is 11.5 Å². The van der Waals surface area contributed by atoms with Gasteiger partial charge in [-0.3, -0.25) is 19.4 Å². The molecule has 0 aliphatic heterocycles. The third-order valence-corrected chi connectivity index (χ3v) is 5.26. The number of pyridine rings is 1. The molecule has 1 amide bonds. The zero-order valence-corrected chi connectivity index (χ0v) is 18.7. The summed E-state index contributed by atoms with van der Waals surface area (Å²) in [6.07, 6.45) is 3.35. The Morgan fingerprint density at radius 1 is 0.970 bits per heavy atom. The number of halogens is 1. The van der Waals surface area contributed by atoms with Crippen LogP contribution < -0.4 is 14.4 Å². The average Bonchev–Trinajstić information content (AvgIpc) is 3.16. The number of carbonyl (C=O) groups is 1. The van der Waals surface area contributed by atoms with Crippen molar-refractivity contribution >= 4 is 17.4 Å². The lowest BCUT2D eigenvalue weighted by molar-refractivity contribution is -0.115. The molecule has 0 radical (unpaired) electrons. The second-order valence-corrected chi connectivity index (χ2v) is 7.31. The SMILES string of the molecule is COc1ccc(N(C(C)=O)c2c(-c3ccncc3)c(-c3ccc(F)cc3)nn2C)c(OC)c1. The van der Waals surface area contributed by atoms with Gasteiger partial charge in [0.1, 0.15) is 28.8 Å². The molecule has 2 heterocycles. The monoisotopic (exact) mass is 446 g/mol. The third-order valence-electron chi connectivity index (χ3n) is 5.26. The van der Waals surface area contributed by atoms with E-state index in [1.165, 1.54) is 26.2 Å². The molecule has 0 atom stereocenters. The smallest absolute Gasteiger partial charge is 0.229 e. The van der Waals surface area contributed by atoms with Crippen LogP contribution in [-0.2, 0) is 11.8 Å². The number of hydrogen-bond acceptors (Lipinski definition) is 5. The number of anilines is 2. The predicted octanol–water partition coefficient (Wildman–Crippen LogP) is 4.99. The van der Waals surface area contributed by atoms with Crippen LogP contribution in [0.3, 0.4) is 0 Å². The van der Waals surface area contributed by atoms with Crippen molar-refractivity contribution in [3.8, 4) is 33.9 Å². The number of methoxy groups -OCH3 is 2. The maximum atomic E-state index is 13.6. The summed E-state index contributed by atoms with van der Waals surface area (Å²) in [6, 6.07) is 15.0. The topological polar surface area (TPSA) is 69.5 Å². The highest BCUT2D eigenvalue weighted by Gasteiger charge is 2.29. The molecule has 4 aromatic rings. The van der Waals surface area contributed by atoms with Crippen molar-refractivity contribution in [2.24, 2.45) is 7.05 Å². The van der Waals surface area contributed by atoms with Gasteiger partial charge in [-0.1, -0.05) is 0 Å². The lowest BCUT2D eigenvalue weighted by atomic mass is 10.0. The minimum absolute atomic E-state index is 0.234. The Balaban J connectivity index is 2.01. The summed E-state index contributed by atoms with van der Waals surface area (Å²) in [7, 11) is 4.86. The summed E-state index contributed by atoms with van der Waals surface area (Å²) in [5, 5.41) is 4.72. The Hall–Kier alpha value is -4.20. The second kappa shape index (κ2) is 9.12. The standard InChI is InChI=1S/C25H23FN4O3/c1-16(31)30(21-10-9-20(32-3)15-22(21)33-4)25-23(17-11-13-27-14-12-17)24(28-29(25)2)18-5-7-19(26)8-6-18/h5-15H,1-4H3. The van der Waals surface area contributed by atoms with Crippen LogP contribution in [0.25, 0.3) is 22.4 Å². The lowest BCUT2D eigenvalue weighted by Crippen LogP contribution is -2.26. The minimum Gasteiger partial charge on any atom is -0.497 e. The molecule has 8 heteroatoms. The maximum Gasteiger partial charge on any atom is 0.229 e. The Bertz CT molecular complexity index is 1290. The van der Waals surface area contributed by atoms with Crippen molar-refractivity contribution in [3.63, 3.8) is 0 Å². The van der Waals surface area contributed by atoms with E-state index >= 15 is 0 Å². The summed E-state index contributed by atoms with van der Waals surface area (Å²) >= 11 is 0. The highest BCUT2D eigenvalue weighted by Crippen LogP contribution is 2.44. The highest BCUT2D eigenvalue weighted by atomic mass is 19.1. The van der Waals surface area contributed by atoms with Gasteiger partial charge in [-0.25, -0.2) is 4.39 Å². The van der Waals surface area contributed by atoms with Crippen LogP contribution in [0.4, 0.5) is 15.9 Å². The van der Waals surface area contributed by atoms with Crippen molar-refractivity contribution in [2.75, 3.05) is 19.1 Å². The number of benzene rings is 2. The first-order chi connectivity index (χ1) is 15.9. The van der Waals surface area contributed by atoms with Gasteiger partial charge in [0.2, 0.25) is 5.91 Å². The van der Waals surface area contributed by atoms with Crippen LogP contribution >= 0.6 is 0 Å². The maximum absolute atomic E-state index is 13.6. The van der Waals surface area contributed by atoms with E-state index in [4.69, 9.17) is 14.6 Å². The van der Waals surface area contributed by atoms with E-state index in [2.05, 4.69) is 4.98 Å². The Morgan fingerprint density at radius 2 is 1.67 bits per heavy atom. The summed E-state index contributed by atoms with van der Waals surface area (Å²) in [5.41, 5.74) is 3.38. The molecule has 2 aromatic carbocycles. The van der Waals surface area contributed by atoms with E-state index in [1.807, 2.05) is 12.1 Å². The van der Waals surface area contributed by atoms with Crippen molar-refractivity contribution in [1.82, 2.24) is 14.8 Å². The fourth-order valence-electron chi connectivity index (χ4n) is 3.77. The van der Waals surface area contributed by atoms with Gasteiger partial charge in [0.05, 0.1) is 25.5 Å². The van der Waals surface area contributed by atoms with Gasteiger partial charge >= 0.3 is 0 Å². The van der Waals surface area contributed by atoms with Crippen molar-refractivity contribution in [2.45, 2.75) is 6.92 Å². The highest BCUT2D eigenvalue weighted by molar-refractivity contribution is 6.05. The largest absolute Gasteiger partial charge is 0.497 e. The Labute approximate surface area is 191 Å². The number of nitrogens with zero attached hydrogens (tertiary/aromatic N) is 4. The third kappa shape index (κ3) is 4.15. The van der Waals surface area contributed by atoms with Gasteiger partial charge in [0.25, 0.3) is 0 Å². The zero-order valence-electron chi connectivity index (χ0n) is 18.7. The number of aromatic nitrogens is 3. The van der Waals surface area contributed by atoms with Gasteiger partial charge in [0.15, 0.2) is 0 Å². The number of carbonyl (C=O) groups excluding carboxylic acids is 1. The van der Waals surface area contributed by atoms with Crippen molar-refractivity contribution in [3.05, 3.63) is 72.8 Å². The van der Waals surface area contributed by atoms with Gasteiger partial charge in [-0.15, -0.1) is 0 Å². The van der Waals surface area contributed by atoms with E-state index in [1.54, 1.807) is 66.5 Å². The molecule has 168 valence electrons. The molecule has 0 aliphatic rings. The normalized spacial score (nSPS) is 10.7. The summed E-state index contributed by atoms with van der Waals surface area (Å²) in [4.78, 5) is 18.7. The molecule has 0 fully saturated rings. The molecule has 0 bridgehead atoms. The number of ether oxygens (including phenoxy) is 2. The van der Waals surface area contributed by atoms with Crippen LogP contribution in [0.2, 0.25) is 0 Å². The molecule has 0 saturated heterocycles. The first-order valence-corrected chi connectivity index (χ1v) is 10.2. The number of rotatable bonds is 6. The van der Waals surface area contributed by atoms with Crippen molar-refractivity contribution in [1.29, 1.82) is 0 Å². The minimum atomic E-state index is -0.339. The molecule has 0 aliphatic carbocycles. The quantitative estimate of drug-likeness (QED) is 0.417. The molecule has 0 spiro atoms. The fraction of sp³-hybridized carbons (Fsp3) is 0.160. The van der Waals surface area contributed by atoms with Gasteiger partial charge in [-0.2, -0.15) is 5.10 Å². The number of hydrogen-bond donors (Lipinski definition) is 0. The summed E-state index contributed by atoms with van der Waals surface area (Å²) in [6.45, 7) is 1.48. The van der Waals surface area contributed by atoms with Crippen LogP contribution in [0.1, 0.15) is 6.92 Å². The number of amides is 1. The van der Waals surface area contributed by atoms with Crippen LogP contribution in [0, 0.1) is 5.82 Å². The zero-order chi connectivity index (χ0) is 23.5. The van der Waals surface area contributed by atoms with Gasteiger partial charge in [-0.05, 0) is 54.1 Å². The van der Waals surface area contributed by atoms with Gasteiger partial charge in [0, 0.05) is 38.0 Å². The van der Waals surface area contributed by atoms with E-state index < -0.39 is 0 Å². The molecular weight excluding hydrogens is 423 g/mol. The Kier molecular flexibility index (Phi) is 6.08. The van der Waals surface area contributed by atoms with Crippen LogP contribution in [0.15, 0.2) is 67.0 Å². The number of aryl methyl sites for hydroxylation is 1. The molecule has 4 rings (SSSR count). The first kappa shape index (κ1) is 22.0. The first-order valence-electron chi connectivity index (χ1n) is 10.2. The molecule has 0 unspecified atom stereocenters. The molecule has 7 nitrogen and oxygen atoms in total. The van der Waals surface area contributed by atoms with E-state index in [9.17, 15) is 9.18 Å². The van der Waals surface area contributed by atoms with E-state index in [0.29, 0.717) is 34.3 Å². The fourth-order valence-corrected chi connectivity index (χ4v) is 3.77. The molecular formula is C25H23FN4O3. The molecule has 0 N–H and O–H groups in total. The average molecular weight is 446 g/mol. The molecule has 33 heavy (non-hydrogen) atoms. The summed E-state index contributed by atoms with van der Waals surface area (Å²) in [5.74, 6) is 1.04. The lowest BCUT2D eigenvalue weighted by Gasteiger charge is -2.25. The predicted molar refractivity (Wildman–Crippen MR) is 124 cm³/mol.